The molecule has 0 spiro atoms. The van der Waals surface area contributed by atoms with Gasteiger partial charge in [-0.2, -0.15) is 0 Å². The fourth-order valence-electron chi connectivity index (χ4n) is 3.71. The fraction of sp³-hybridized carbons (Fsp3) is 0.318. The van der Waals surface area contributed by atoms with Crippen LogP contribution in [0.2, 0.25) is 0 Å². The van der Waals surface area contributed by atoms with Crippen LogP contribution in [0, 0.1) is 5.82 Å². The highest BCUT2D eigenvalue weighted by molar-refractivity contribution is 6.07. The molecule has 1 unspecified atom stereocenters. The maximum absolute atomic E-state index is 14.7. The maximum atomic E-state index is 14.7. The highest BCUT2D eigenvalue weighted by Gasteiger charge is 2.23. The SMILES string of the molecule is CCOc1cncc(-c2nc(C(=O)Nc3cnccc3N3CCCC(N)C3)c(N)cc2F)n1. The zero-order valence-corrected chi connectivity index (χ0v) is 18.2. The Morgan fingerprint density at radius 2 is 2.15 bits per heavy atom. The van der Waals surface area contributed by atoms with Gasteiger partial charge in [0.25, 0.3) is 5.91 Å². The Morgan fingerprint density at radius 1 is 1.30 bits per heavy atom. The molecule has 0 bridgehead atoms. The van der Waals surface area contributed by atoms with Gasteiger partial charge in [-0.25, -0.2) is 14.4 Å². The van der Waals surface area contributed by atoms with Gasteiger partial charge < -0.3 is 26.4 Å². The fourth-order valence-corrected chi connectivity index (χ4v) is 3.71. The average Bonchev–Trinajstić information content (AvgIpc) is 2.80. The van der Waals surface area contributed by atoms with Gasteiger partial charge in [0.05, 0.1) is 42.3 Å². The Kier molecular flexibility index (Phi) is 6.59. The Hall–Kier alpha value is -3.86. The van der Waals surface area contributed by atoms with Crippen molar-refractivity contribution < 1.29 is 13.9 Å². The molecule has 0 radical (unpaired) electrons. The van der Waals surface area contributed by atoms with Gasteiger partial charge in [0.1, 0.15) is 11.4 Å². The lowest BCUT2D eigenvalue weighted by Gasteiger charge is -2.33. The van der Waals surface area contributed by atoms with E-state index in [0.717, 1.165) is 31.1 Å². The van der Waals surface area contributed by atoms with Gasteiger partial charge in [-0.3, -0.25) is 14.8 Å². The van der Waals surface area contributed by atoms with Crippen molar-refractivity contribution in [2.45, 2.75) is 25.8 Å². The number of hydrogen-bond acceptors (Lipinski definition) is 9. The number of ether oxygens (including phenoxy) is 1. The molecule has 1 aliphatic heterocycles. The molecular weight excluding hydrogens is 427 g/mol. The summed E-state index contributed by atoms with van der Waals surface area (Å²) in [5.74, 6) is -1.10. The first-order valence-electron chi connectivity index (χ1n) is 10.6. The summed E-state index contributed by atoms with van der Waals surface area (Å²) in [7, 11) is 0. The van der Waals surface area contributed by atoms with Crippen molar-refractivity contribution in [3.05, 3.63) is 48.4 Å². The molecule has 4 heterocycles. The Morgan fingerprint density at radius 3 is 2.94 bits per heavy atom. The van der Waals surface area contributed by atoms with Crippen molar-refractivity contribution >= 4 is 23.0 Å². The minimum absolute atomic E-state index is 0.0565. The molecule has 172 valence electrons. The minimum atomic E-state index is -0.726. The van der Waals surface area contributed by atoms with Crippen LogP contribution in [0.1, 0.15) is 30.3 Å². The second-order valence-electron chi connectivity index (χ2n) is 7.63. The molecule has 11 heteroatoms. The van der Waals surface area contributed by atoms with Crippen LogP contribution in [0.5, 0.6) is 5.88 Å². The van der Waals surface area contributed by atoms with Gasteiger partial charge in [-0.1, -0.05) is 0 Å². The Bertz CT molecular complexity index is 1160. The standard InChI is InChI=1S/C22H25FN8O2/c1-2-33-19-11-27-10-17(28-19)20-14(23)8-15(25)21(30-20)22(32)29-16-9-26-6-5-18(16)31-7-3-4-13(24)12-31/h5-6,8-11,13H,2-4,7,12,24-25H2,1H3,(H,29,32). The Balaban J connectivity index is 1.64. The molecule has 5 N–H and O–H groups in total. The predicted octanol–water partition coefficient (Wildman–Crippen LogP) is 2.23. The Labute approximate surface area is 190 Å². The number of aromatic nitrogens is 4. The monoisotopic (exact) mass is 452 g/mol. The number of nitrogens with two attached hydrogens (primary N) is 2. The number of anilines is 3. The summed E-state index contributed by atoms with van der Waals surface area (Å²) in [6.45, 7) is 3.65. The van der Waals surface area contributed by atoms with Crippen molar-refractivity contribution in [3.8, 4) is 17.3 Å². The number of halogens is 1. The van der Waals surface area contributed by atoms with Gasteiger partial charge in [0, 0.05) is 31.4 Å². The molecule has 3 aromatic rings. The number of nitrogens with one attached hydrogen (secondary N) is 1. The quantitative estimate of drug-likeness (QED) is 0.512. The molecule has 0 aliphatic carbocycles. The first-order valence-corrected chi connectivity index (χ1v) is 10.6. The van der Waals surface area contributed by atoms with E-state index in [-0.39, 0.29) is 34.7 Å². The number of piperidine rings is 1. The molecule has 0 aromatic carbocycles. The van der Waals surface area contributed by atoms with E-state index in [4.69, 9.17) is 16.2 Å². The summed E-state index contributed by atoms with van der Waals surface area (Å²) in [6.07, 6.45) is 7.85. The molecule has 1 saturated heterocycles. The summed E-state index contributed by atoms with van der Waals surface area (Å²) in [6, 6.07) is 2.91. The largest absolute Gasteiger partial charge is 0.477 e. The van der Waals surface area contributed by atoms with Crippen LogP contribution in [0.4, 0.5) is 21.5 Å². The van der Waals surface area contributed by atoms with E-state index in [2.05, 4.69) is 30.2 Å². The number of nitrogen functional groups attached to an aromatic ring is 1. The summed E-state index contributed by atoms with van der Waals surface area (Å²) in [5.41, 5.74) is 13.1. The van der Waals surface area contributed by atoms with E-state index in [9.17, 15) is 9.18 Å². The zero-order valence-electron chi connectivity index (χ0n) is 18.2. The molecular formula is C22H25FN8O2. The molecule has 33 heavy (non-hydrogen) atoms. The molecule has 1 atom stereocenters. The van der Waals surface area contributed by atoms with Gasteiger partial charge in [0.15, 0.2) is 11.5 Å². The third-order valence-electron chi connectivity index (χ3n) is 5.21. The van der Waals surface area contributed by atoms with Crippen molar-refractivity contribution in [3.63, 3.8) is 0 Å². The van der Waals surface area contributed by atoms with Gasteiger partial charge in [-0.15, -0.1) is 0 Å². The molecule has 1 fully saturated rings. The van der Waals surface area contributed by atoms with Crippen LogP contribution >= 0.6 is 0 Å². The summed E-state index contributed by atoms with van der Waals surface area (Å²) in [5, 5.41) is 2.80. The lowest BCUT2D eigenvalue weighted by atomic mass is 10.1. The lowest BCUT2D eigenvalue weighted by Crippen LogP contribution is -2.43. The lowest BCUT2D eigenvalue weighted by molar-refractivity contribution is 0.102. The number of rotatable bonds is 6. The van der Waals surface area contributed by atoms with E-state index in [0.29, 0.717) is 18.8 Å². The molecule has 1 amide bonds. The summed E-state index contributed by atoms with van der Waals surface area (Å²) in [4.78, 5) is 31.7. The van der Waals surface area contributed by atoms with Crippen LogP contribution < -0.4 is 26.4 Å². The second-order valence-corrected chi connectivity index (χ2v) is 7.63. The highest BCUT2D eigenvalue weighted by Crippen LogP contribution is 2.29. The van der Waals surface area contributed by atoms with E-state index < -0.39 is 11.7 Å². The van der Waals surface area contributed by atoms with E-state index in [1.54, 1.807) is 19.3 Å². The van der Waals surface area contributed by atoms with Crippen LogP contribution in [-0.4, -0.2) is 51.6 Å². The molecule has 4 rings (SSSR count). The topological polar surface area (TPSA) is 145 Å². The van der Waals surface area contributed by atoms with Crippen LogP contribution in [-0.2, 0) is 0 Å². The molecule has 0 saturated carbocycles. The van der Waals surface area contributed by atoms with Crippen LogP contribution in [0.25, 0.3) is 11.4 Å². The van der Waals surface area contributed by atoms with E-state index in [1.165, 1.54) is 12.4 Å². The first-order chi connectivity index (χ1) is 16.0. The number of carbonyl (C=O) groups excluding carboxylic acids is 1. The van der Waals surface area contributed by atoms with Crippen LogP contribution in [0.3, 0.4) is 0 Å². The van der Waals surface area contributed by atoms with Crippen molar-refractivity contribution in [1.29, 1.82) is 0 Å². The van der Waals surface area contributed by atoms with Crippen molar-refractivity contribution in [2.24, 2.45) is 5.73 Å². The number of carbonyl (C=O) groups is 1. The van der Waals surface area contributed by atoms with Gasteiger partial charge in [0.2, 0.25) is 5.88 Å². The van der Waals surface area contributed by atoms with E-state index in [1.807, 2.05) is 6.07 Å². The number of amides is 1. The van der Waals surface area contributed by atoms with Gasteiger partial charge >= 0.3 is 0 Å². The van der Waals surface area contributed by atoms with Crippen molar-refractivity contribution in [2.75, 3.05) is 35.6 Å². The van der Waals surface area contributed by atoms with E-state index >= 15 is 0 Å². The normalized spacial score (nSPS) is 15.8. The number of pyridine rings is 2. The highest BCUT2D eigenvalue weighted by atomic mass is 19.1. The third kappa shape index (κ3) is 4.98. The van der Waals surface area contributed by atoms with Crippen LogP contribution in [0.15, 0.2) is 36.9 Å². The average molecular weight is 452 g/mol. The maximum Gasteiger partial charge on any atom is 0.276 e. The first kappa shape index (κ1) is 22.3. The third-order valence-corrected chi connectivity index (χ3v) is 5.21. The summed E-state index contributed by atoms with van der Waals surface area (Å²) < 4.78 is 20.0. The molecule has 10 nitrogen and oxygen atoms in total. The zero-order chi connectivity index (χ0) is 23.4. The molecule has 1 aliphatic rings. The summed E-state index contributed by atoms with van der Waals surface area (Å²) >= 11 is 0. The van der Waals surface area contributed by atoms with Crippen molar-refractivity contribution in [1.82, 2.24) is 19.9 Å². The minimum Gasteiger partial charge on any atom is -0.477 e. The number of hydrogen-bond donors (Lipinski definition) is 3. The molecule has 3 aromatic heterocycles. The predicted molar refractivity (Wildman–Crippen MR) is 122 cm³/mol. The van der Waals surface area contributed by atoms with Gasteiger partial charge in [-0.05, 0) is 25.8 Å². The second kappa shape index (κ2) is 9.74. The number of nitrogens with zero attached hydrogens (tertiary/aromatic N) is 5. The smallest absolute Gasteiger partial charge is 0.276 e.